The van der Waals surface area contributed by atoms with Crippen molar-refractivity contribution in [2.24, 2.45) is 0 Å². The minimum absolute atomic E-state index is 0. The summed E-state index contributed by atoms with van der Waals surface area (Å²) < 4.78 is 3.05. The van der Waals surface area contributed by atoms with Crippen LogP contribution in [0.15, 0.2) is 71.5 Å². The first kappa shape index (κ1) is 17.7. The number of nitrogens with zero attached hydrogens (tertiary/aromatic N) is 1. The van der Waals surface area contributed by atoms with E-state index in [-0.39, 0.29) is 17.0 Å². The lowest BCUT2D eigenvalue weighted by molar-refractivity contribution is -0.688. The highest BCUT2D eigenvalue weighted by molar-refractivity contribution is 9.10. The fourth-order valence-electron chi connectivity index (χ4n) is 2.42. The molecule has 0 aliphatic rings. The van der Waals surface area contributed by atoms with Gasteiger partial charge in [0.25, 0.3) is 0 Å². The first-order valence-electron chi connectivity index (χ1n) is 7.16. The molecule has 1 aromatic heterocycles. The smallest absolute Gasteiger partial charge is 0.211 e. The second kappa shape index (κ2) is 7.75. The number of hydrogen-bond acceptors (Lipinski definition) is 1. The SMILES string of the molecule is Cc1ccc(-c2cc[n+](Cc3ccccc3Br)cc2O)cc1.[Br-]. The number of halogens is 2. The van der Waals surface area contributed by atoms with Crippen LogP contribution in [0.4, 0.5) is 0 Å². The third kappa shape index (κ3) is 4.21. The van der Waals surface area contributed by atoms with Gasteiger partial charge in [0.1, 0.15) is 0 Å². The van der Waals surface area contributed by atoms with Crippen LogP contribution in [-0.4, -0.2) is 5.11 Å². The molecular formula is C19H17Br2NO. The van der Waals surface area contributed by atoms with E-state index in [1.165, 1.54) is 11.1 Å². The van der Waals surface area contributed by atoms with Gasteiger partial charge in [-0.25, -0.2) is 0 Å². The quantitative estimate of drug-likeness (QED) is 0.620. The van der Waals surface area contributed by atoms with Crippen LogP contribution < -0.4 is 21.5 Å². The Kier molecular flexibility index (Phi) is 5.97. The molecule has 0 fully saturated rings. The molecule has 0 spiro atoms. The summed E-state index contributed by atoms with van der Waals surface area (Å²) in [6.45, 7) is 2.77. The number of aryl methyl sites for hydroxylation is 1. The summed E-state index contributed by atoms with van der Waals surface area (Å²) in [6, 6.07) is 18.2. The van der Waals surface area contributed by atoms with E-state index in [9.17, 15) is 5.11 Å². The Morgan fingerprint density at radius 2 is 1.70 bits per heavy atom. The third-order valence-corrected chi connectivity index (χ3v) is 4.44. The largest absolute Gasteiger partial charge is 1.00 e. The lowest BCUT2D eigenvalue weighted by atomic mass is 10.0. The van der Waals surface area contributed by atoms with Gasteiger partial charge in [-0.2, -0.15) is 4.57 Å². The Balaban J connectivity index is 0.00000192. The lowest BCUT2D eigenvalue weighted by Gasteiger charge is -2.05. The molecule has 0 unspecified atom stereocenters. The lowest BCUT2D eigenvalue weighted by Crippen LogP contribution is -3.00. The van der Waals surface area contributed by atoms with E-state index in [4.69, 9.17) is 0 Å². The predicted molar refractivity (Wildman–Crippen MR) is 91.7 cm³/mol. The molecule has 0 aliphatic heterocycles. The average molecular weight is 435 g/mol. The molecule has 0 bridgehead atoms. The highest BCUT2D eigenvalue weighted by Gasteiger charge is 2.12. The van der Waals surface area contributed by atoms with Crippen molar-refractivity contribution in [1.82, 2.24) is 0 Å². The number of rotatable bonds is 3. The molecule has 0 aliphatic carbocycles. The highest BCUT2D eigenvalue weighted by atomic mass is 79.9. The molecule has 0 saturated heterocycles. The summed E-state index contributed by atoms with van der Waals surface area (Å²) in [7, 11) is 0. The molecule has 1 heterocycles. The van der Waals surface area contributed by atoms with Gasteiger partial charge in [0, 0.05) is 21.7 Å². The Labute approximate surface area is 155 Å². The van der Waals surface area contributed by atoms with Gasteiger partial charge in [0.15, 0.2) is 18.5 Å². The summed E-state index contributed by atoms with van der Waals surface area (Å²) in [6.07, 6.45) is 3.77. The second-order valence-corrected chi connectivity index (χ2v) is 6.23. The summed E-state index contributed by atoms with van der Waals surface area (Å²) in [4.78, 5) is 0. The van der Waals surface area contributed by atoms with Gasteiger partial charge in [0.2, 0.25) is 6.20 Å². The van der Waals surface area contributed by atoms with Gasteiger partial charge in [-0.1, -0.05) is 64.0 Å². The fourth-order valence-corrected chi connectivity index (χ4v) is 2.83. The van der Waals surface area contributed by atoms with Crippen molar-refractivity contribution in [3.05, 3.63) is 82.6 Å². The Hall–Kier alpha value is -1.65. The molecule has 3 aromatic rings. The number of aromatic hydroxyl groups is 1. The third-order valence-electron chi connectivity index (χ3n) is 3.67. The Bertz CT molecular complexity index is 801. The zero-order valence-electron chi connectivity index (χ0n) is 12.7. The van der Waals surface area contributed by atoms with Crippen LogP contribution >= 0.6 is 15.9 Å². The van der Waals surface area contributed by atoms with Crippen molar-refractivity contribution in [3.8, 4) is 16.9 Å². The van der Waals surface area contributed by atoms with Gasteiger partial charge >= 0.3 is 0 Å². The minimum Gasteiger partial charge on any atom is -1.00 e. The maximum atomic E-state index is 10.3. The first-order valence-corrected chi connectivity index (χ1v) is 7.95. The van der Waals surface area contributed by atoms with E-state index in [0.29, 0.717) is 12.3 Å². The molecule has 3 rings (SSSR count). The Morgan fingerprint density at radius 3 is 2.35 bits per heavy atom. The molecule has 2 aromatic carbocycles. The summed E-state index contributed by atoms with van der Waals surface area (Å²) in [5.41, 5.74) is 4.26. The van der Waals surface area contributed by atoms with Gasteiger partial charge in [-0.3, -0.25) is 0 Å². The van der Waals surface area contributed by atoms with Crippen LogP contribution in [0.2, 0.25) is 0 Å². The topological polar surface area (TPSA) is 24.1 Å². The average Bonchev–Trinajstić information content (AvgIpc) is 2.51. The molecule has 23 heavy (non-hydrogen) atoms. The number of pyridine rings is 1. The zero-order chi connectivity index (χ0) is 15.5. The van der Waals surface area contributed by atoms with Gasteiger partial charge in [-0.15, -0.1) is 0 Å². The predicted octanol–water partition coefficient (Wildman–Crippen LogP) is 1.47. The van der Waals surface area contributed by atoms with Crippen LogP contribution in [0.1, 0.15) is 11.1 Å². The maximum Gasteiger partial charge on any atom is 0.211 e. The molecular weight excluding hydrogens is 418 g/mol. The fraction of sp³-hybridized carbons (Fsp3) is 0.105. The molecule has 0 radical (unpaired) electrons. The van der Waals surface area contributed by atoms with E-state index >= 15 is 0 Å². The highest BCUT2D eigenvalue weighted by Crippen LogP contribution is 2.27. The van der Waals surface area contributed by atoms with Crippen molar-refractivity contribution >= 4 is 15.9 Å². The van der Waals surface area contributed by atoms with Crippen molar-refractivity contribution in [1.29, 1.82) is 0 Å². The molecule has 0 saturated carbocycles. The maximum absolute atomic E-state index is 10.3. The molecule has 1 N–H and O–H groups in total. The van der Waals surface area contributed by atoms with Crippen LogP contribution in [0.5, 0.6) is 5.75 Å². The number of benzene rings is 2. The van der Waals surface area contributed by atoms with E-state index in [1.807, 2.05) is 47.2 Å². The second-order valence-electron chi connectivity index (χ2n) is 5.37. The van der Waals surface area contributed by atoms with Crippen LogP contribution in [0, 0.1) is 6.92 Å². The normalized spacial score (nSPS) is 10.2. The van der Waals surface area contributed by atoms with E-state index in [2.05, 4.69) is 41.1 Å². The van der Waals surface area contributed by atoms with Crippen LogP contribution in [0.25, 0.3) is 11.1 Å². The number of aromatic nitrogens is 1. The summed E-state index contributed by atoms with van der Waals surface area (Å²) >= 11 is 3.55. The molecule has 2 nitrogen and oxygen atoms in total. The van der Waals surface area contributed by atoms with Gasteiger partial charge in [0.05, 0.1) is 0 Å². The van der Waals surface area contributed by atoms with Crippen molar-refractivity contribution in [2.75, 3.05) is 0 Å². The van der Waals surface area contributed by atoms with Crippen molar-refractivity contribution < 1.29 is 26.7 Å². The van der Waals surface area contributed by atoms with Crippen molar-refractivity contribution in [2.45, 2.75) is 13.5 Å². The molecule has 0 atom stereocenters. The standard InChI is InChI=1S/C19H16BrNO.BrH/c1-14-6-8-15(9-7-14)17-10-11-21(13-19(17)22)12-16-4-2-3-5-18(16)20;/h2-11,13H,12H2,1H3;1H. The van der Waals surface area contributed by atoms with Gasteiger partial charge < -0.3 is 22.1 Å². The first-order chi connectivity index (χ1) is 10.6. The Morgan fingerprint density at radius 1 is 1.00 bits per heavy atom. The van der Waals surface area contributed by atoms with Gasteiger partial charge in [-0.05, 0) is 18.6 Å². The number of hydrogen-bond donors (Lipinski definition) is 1. The molecule has 118 valence electrons. The van der Waals surface area contributed by atoms with Crippen LogP contribution in [-0.2, 0) is 6.54 Å². The summed E-state index contributed by atoms with van der Waals surface area (Å²) in [5, 5.41) is 10.3. The van der Waals surface area contributed by atoms with E-state index in [0.717, 1.165) is 15.6 Å². The van der Waals surface area contributed by atoms with Crippen LogP contribution in [0.3, 0.4) is 0 Å². The van der Waals surface area contributed by atoms with Crippen molar-refractivity contribution in [3.63, 3.8) is 0 Å². The van der Waals surface area contributed by atoms with E-state index < -0.39 is 0 Å². The monoisotopic (exact) mass is 433 g/mol. The molecule has 4 heteroatoms. The summed E-state index contributed by atoms with van der Waals surface area (Å²) in [5.74, 6) is 0.290. The van der Waals surface area contributed by atoms with E-state index in [1.54, 1.807) is 6.20 Å². The zero-order valence-corrected chi connectivity index (χ0v) is 15.9. The minimum atomic E-state index is 0. The molecule has 0 amide bonds.